The van der Waals surface area contributed by atoms with Gasteiger partial charge in [0.25, 0.3) is 0 Å². The van der Waals surface area contributed by atoms with Gasteiger partial charge in [-0.2, -0.15) is 0 Å². The maximum Gasteiger partial charge on any atom is 0.303 e. The average molecular weight is 458 g/mol. The SMILES string of the molecule is CC(=O)OC(C)(C)C.CC(=O)n1cccc1.CCC(C)(CC)OC(C)=O.CCOC(C)=O. The molecule has 0 aliphatic rings. The number of rotatable bonds is 4. The van der Waals surface area contributed by atoms with Crippen LogP contribution in [0.25, 0.3) is 0 Å². The van der Waals surface area contributed by atoms with Crippen LogP contribution in [-0.2, 0) is 28.6 Å². The van der Waals surface area contributed by atoms with E-state index in [4.69, 9.17) is 9.47 Å². The summed E-state index contributed by atoms with van der Waals surface area (Å²) in [5.74, 6) is -0.573. The van der Waals surface area contributed by atoms with Crippen molar-refractivity contribution in [2.45, 2.75) is 100 Å². The van der Waals surface area contributed by atoms with E-state index in [0.29, 0.717) is 6.61 Å². The minimum atomic E-state index is -0.328. The summed E-state index contributed by atoms with van der Waals surface area (Å²) in [6.45, 7) is 19.6. The molecule has 0 aliphatic carbocycles. The third-order valence-electron chi connectivity index (χ3n) is 3.65. The van der Waals surface area contributed by atoms with Crippen LogP contribution in [0, 0.1) is 0 Å². The van der Waals surface area contributed by atoms with Gasteiger partial charge in [0, 0.05) is 40.1 Å². The maximum absolute atomic E-state index is 10.6. The van der Waals surface area contributed by atoms with Crippen molar-refractivity contribution in [2.75, 3.05) is 6.61 Å². The maximum atomic E-state index is 10.6. The number of hydrogen-bond donors (Lipinski definition) is 0. The lowest BCUT2D eigenvalue weighted by molar-refractivity contribution is -0.156. The van der Waals surface area contributed by atoms with E-state index < -0.39 is 0 Å². The molecule has 0 aromatic carbocycles. The zero-order valence-electron chi connectivity index (χ0n) is 21.7. The number of hydrogen-bond acceptors (Lipinski definition) is 7. The first-order valence-electron chi connectivity index (χ1n) is 10.7. The van der Waals surface area contributed by atoms with Crippen LogP contribution in [0.2, 0.25) is 0 Å². The van der Waals surface area contributed by atoms with Gasteiger partial charge in [-0.3, -0.25) is 23.7 Å². The van der Waals surface area contributed by atoms with Gasteiger partial charge in [0.1, 0.15) is 11.2 Å². The zero-order chi connectivity index (χ0) is 26.0. The lowest BCUT2D eigenvalue weighted by atomic mass is 10.0. The molecule has 0 unspecified atom stereocenters. The minimum absolute atomic E-state index is 0.0509. The molecule has 0 bridgehead atoms. The molecule has 0 radical (unpaired) electrons. The van der Waals surface area contributed by atoms with Gasteiger partial charge in [-0.05, 0) is 59.6 Å². The highest BCUT2D eigenvalue weighted by molar-refractivity contribution is 5.75. The molecule has 0 aliphatic heterocycles. The molecule has 1 aromatic rings. The summed E-state index contributed by atoms with van der Waals surface area (Å²) in [4.78, 5) is 41.1. The highest BCUT2D eigenvalue weighted by Crippen LogP contribution is 2.18. The minimum Gasteiger partial charge on any atom is -0.466 e. The molecule has 0 saturated heterocycles. The Bertz CT molecular complexity index is 654. The van der Waals surface area contributed by atoms with Crippen LogP contribution in [0.3, 0.4) is 0 Å². The van der Waals surface area contributed by atoms with Crippen LogP contribution >= 0.6 is 0 Å². The second-order valence-corrected chi connectivity index (χ2v) is 7.99. The van der Waals surface area contributed by atoms with Gasteiger partial charge in [0.05, 0.1) is 6.61 Å². The summed E-state index contributed by atoms with van der Waals surface area (Å²) >= 11 is 0. The highest BCUT2D eigenvalue weighted by atomic mass is 16.6. The summed E-state index contributed by atoms with van der Waals surface area (Å²) in [5, 5.41) is 0. The standard InChI is InChI=1S/C8H16O2.C6H7NO.C6H12O2.C4H8O2/c1-5-8(4,6-2)10-7(3)9;1-6(8)7-4-2-3-5-7;1-5(7)8-6(2,3)4;1-3-6-4(2)5/h5-6H2,1-4H3;2-5H,1H3;1-4H3;3H2,1-2H3. The highest BCUT2D eigenvalue weighted by Gasteiger charge is 2.22. The first-order valence-corrected chi connectivity index (χ1v) is 10.7. The smallest absolute Gasteiger partial charge is 0.303 e. The van der Waals surface area contributed by atoms with E-state index in [1.165, 1.54) is 32.3 Å². The van der Waals surface area contributed by atoms with Crippen molar-refractivity contribution in [3.05, 3.63) is 24.5 Å². The molecule has 0 fully saturated rings. The molecule has 0 saturated carbocycles. The van der Waals surface area contributed by atoms with E-state index in [1.54, 1.807) is 19.3 Å². The monoisotopic (exact) mass is 457 g/mol. The molecule has 0 amide bonds. The largest absolute Gasteiger partial charge is 0.466 e. The zero-order valence-corrected chi connectivity index (χ0v) is 21.7. The molecule has 8 heteroatoms. The fourth-order valence-electron chi connectivity index (χ4n) is 1.92. The summed E-state index contributed by atoms with van der Waals surface area (Å²) < 4.78 is 15.8. The third-order valence-corrected chi connectivity index (χ3v) is 3.65. The van der Waals surface area contributed by atoms with Crippen molar-refractivity contribution in [3.8, 4) is 0 Å². The molecule has 1 aromatic heterocycles. The first-order chi connectivity index (χ1) is 14.5. The van der Waals surface area contributed by atoms with E-state index in [2.05, 4.69) is 4.74 Å². The molecule has 0 atom stereocenters. The Morgan fingerprint density at radius 1 is 0.719 bits per heavy atom. The molecule has 32 heavy (non-hydrogen) atoms. The van der Waals surface area contributed by atoms with Crippen LogP contribution < -0.4 is 0 Å². The van der Waals surface area contributed by atoms with Crippen LogP contribution in [0.4, 0.5) is 0 Å². The fourth-order valence-corrected chi connectivity index (χ4v) is 1.92. The van der Waals surface area contributed by atoms with Gasteiger partial charge in [0.15, 0.2) is 0 Å². The predicted octanol–water partition coefficient (Wildman–Crippen LogP) is 5.19. The molecular formula is C24H43NO7. The number of aromatic nitrogens is 1. The van der Waals surface area contributed by atoms with Gasteiger partial charge >= 0.3 is 17.9 Å². The van der Waals surface area contributed by atoms with Gasteiger partial charge in [0.2, 0.25) is 5.91 Å². The van der Waals surface area contributed by atoms with E-state index in [-0.39, 0.29) is 35.0 Å². The fraction of sp³-hybridized carbons (Fsp3) is 0.667. The Labute approximate surface area is 193 Å². The van der Waals surface area contributed by atoms with Crippen molar-refractivity contribution >= 4 is 23.8 Å². The van der Waals surface area contributed by atoms with E-state index in [1.807, 2.05) is 53.7 Å². The molecule has 0 N–H and O–H groups in total. The van der Waals surface area contributed by atoms with Gasteiger partial charge in [-0.25, -0.2) is 0 Å². The molecule has 0 spiro atoms. The normalized spacial score (nSPS) is 9.97. The van der Waals surface area contributed by atoms with Crippen LogP contribution in [0.5, 0.6) is 0 Å². The Morgan fingerprint density at radius 2 is 1.12 bits per heavy atom. The lowest BCUT2D eigenvalue weighted by Gasteiger charge is -2.25. The third kappa shape index (κ3) is 25.4. The number of nitrogens with zero attached hydrogens (tertiary/aromatic N) is 1. The Balaban J connectivity index is -0.000000356. The topological polar surface area (TPSA) is 101 Å². The van der Waals surface area contributed by atoms with Crippen molar-refractivity contribution in [3.63, 3.8) is 0 Å². The molecule has 1 heterocycles. The number of carbonyl (C=O) groups excluding carboxylic acids is 4. The van der Waals surface area contributed by atoms with Crippen LogP contribution in [0.1, 0.15) is 93.8 Å². The summed E-state index contributed by atoms with van der Waals surface area (Å²) in [6.07, 6.45) is 5.21. The quantitative estimate of drug-likeness (QED) is 0.453. The van der Waals surface area contributed by atoms with Gasteiger partial charge in [-0.15, -0.1) is 0 Å². The Kier molecular flexibility index (Phi) is 19.1. The van der Waals surface area contributed by atoms with E-state index in [9.17, 15) is 19.2 Å². The van der Waals surface area contributed by atoms with Crippen molar-refractivity contribution in [1.29, 1.82) is 0 Å². The van der Waals surface area contributed by atoms with Crippen LogP contribution in [0.15, 0.2) is 24.5 Å². The van der Waals surface area contributed by atoms with Crippen molar-refractivity contribution in [1.82, 2.24) is 4.57 Å². The van der Waals surface area contributed by atoms with Gasteiger partial charge in [-0.1, -0.05) is 13.8 Å². The van der Waals surface area contributed by atoms with Crippen molar-refractivity contribution < 1.29 is 33.4 Å². The molecule has 8 nitrogen and oxygen atoms in total. The summed E-state index contributed by atoms with van der Waals surface area (Å²) in [7, 11) is 0. The second kappa shape index (κ2) is 18.0. The van der Waals surface area contributed by atoms with Crippen LogP contribution in [-0.4, -0.2) is 46.2 Å². The number of esters is 3. The predicted molar refractivity (Wildman–Crippen MR) is 125 cm³/mol. The summed E-state index contributed by atoms with van der Waals surface area (Å²) in [5.41, 5.74) is -0.572. The van der Waals surface area contributed by atoms with Crippen molar-refractivity contribution in [2.24, 2.45) is 0 Å². The van der Waals surface area contributed by atoms with E-state index in [0.717, 1.165) is 12.8 Å². The molecule has 186 valence electrons. The average Bonchev–Trinajstić information content (AvgIpc) is 3.15. The Hall–Kier alpha value is -2.64. The Morgan fingerprint density at radius 3 is 1.22 bits per heavy atom. The number of carbonyl (C=O) groups is 4. The second-order valence-electron chi connectivity index (χ2n) is 7.99. The molecular weight excluding hydrogens is 414 g/mol. The first kappa shape index (κ1) is 34.0. The lowest BCUT2D eigenvalue weighted by Crippen LogP contribution is -2.28. The van der Waals surface area contributed by atoms with E-state index >= 15 is 0 Å². The number of ether oxygens (including phenoxy) is 3. The summed E-state index contributed by atoms with van der Waals surface area (Å²) in [6, 6.07) is 3.64. The molecule has 1 rings (SSSR count). The van der Waals surface area contributed by atoms with Gasteiger partial charge < -0.3 is 14.2 Å².